The van der Waals surface area contributed by atoms with E-state index in [1.165, 1.54) is 24.3 Å². The number of carbonyl (C=O) groups is 1. The average molecular weight is 413 g/mol. The molecule has 0 aliphatic rings. The fourth-order valence-electron chi connectivity index (χ4n) is 3.05. The fraction of sp³-hybridized carbons (Fsp3) is 0.0417. The second-order valence-corrected chi connectivity index (χ2v) is 6.75. The lowest BCUT2D eigenvalue weighted by atomic mass is 10.1. The van der Waals surface area contributed by atoms with Gasteiger partial charge >= 0.3 is 5.97 Å². The van der Waals surface area contributed by atoms with Crippen LogP contribution >= 0.6 is 0 Å². The van der Waals surface area contributed by atoms with Crippen molar-refractivity contribution >= 4 is 28.7 Å². The molecule has 0 saturated heterocycles. The molecule has 0 atom stereocenters. The summed E-state index contributed by atoms with van der Waals surface area (Å²) in [5.41, 5.74) is 3.03. The molecule has 0 bridgehead atoms. The van der Waals surface area contributed by atoms with E-state index in [2.05, 4.69) is 16.0 Å². The Kier molecular flexibility index (Phi) is 5.45. The van der Waals surface area contributed by atoms with Gasteiger partial charge in [0.15, 0.2) is 0 Å². The first kappa shape index (κ1) is 19.9. The predicted molar refractivity (Wildman–Crippen MR) is 114 cm³/mol. The number of aromatic amines is 1. The van der Waals surface area contributed by atoms with Gasteiger partial charge in [-0.15, -0.1) is 0 Å². The third-order valence-corrected chi connectivity index (χ3v) is 4.63. The molecule has 3 aromatic carbocycles. The summed E-state index contributed by atoms with van der Waals surface area (Å²) in [5, 5.41) is 18.6. The van der Waals surface area contributed by atoms with E-state index in [1.54, 1.807) is 30.3 Å². The summed E-state index contributed by atoms with van der Waals surface area (Å²) in [6.45, 7) is 0.233. The largest absolute Gasteiger partial charge is 0.488 e. The van der Waals surface area contributed by atoms with E-state index >= 15 is 0 Å². The molecule has 0 unspecified atom stereocenters. The molecule has 1 heterocycles. The Morgan fingerprint density at radius 2 is 1.94 bits per heavy atom. The number of para-hydroxylation sites is 1. The second-order valence-electron chi connectivity index (χ2n) is 6.75. The molecule has 6 nitrogen and oxygen atoms in total. The highest BCUT2D eigenvalue weighted by atomic mass is 19.1. The van der Waals surface area contributed by atoms with E-state index in [9.17, 15) is 14.4 Å². The van der Waals surface area contributed by atoms with E-state index < -0.39 is 5.97 Å². The fourth-order valence-corrected chi connectivity index (χ4v) is 3.05. The number of ether oxygens (including phenoxy) is 1. The van der Waals surface area contributed by atoms with Gasteiger partial charge in [0.2, 0.25) is 0 Å². The standard InChI is InChI=1S/C24H16FN3O3/c25-19-9-10-20-21(12-19)28-23(27-20)18(13-26)11-17-3-1-2-4-22(17)31-14-15-5-7-16(8-6-15)24(29)30/h1-12H,14H2,(H,27,28)(H,29,30)/b18-11-. The summed E-state index contributed by atoms with van der Waals surface area (Å²) >= 11 is 0. The molecule has 1 aromatic heterocycles. The van der Waals surface area contributed by atoms with E-state index in [0.717, 1.165) is 5.56 Å². The van der Waals surface area contributed by atoms with Gasteiger partial charge in [0.25, 0.3) is 0 Å². The lowest BCUT2D eigenvalue weighted by Crippen LogP contribution is -1.99. The van der Waals surface area contributed by atoms with Crippen LogP contribution in [0.3, 0.4) is 0 Å². The van der Waals surface area contributed by atoms with E-state index in [0.29, 0.717) is 28.2 Å². The SMILES string of the molecule is N#C/C(=C/c1ccccc1OCc1ccc(C(=O)O)cc1)c1nc2ccc(F)cc2[nH]1. The van der Waals surface area contributed by atoms with Crippen molar-refractivity contribution in [1.29, 1.82) is 5.26 Å². The van der Waals surface area contributed by atoms with Gasteiger partial charge in [-0.2, -0.15) is 5.26 Å². The summed E-state index contributed by atoms with van der Waals surface area (Å²) in [7, 11) is 0. The molecule has 31 heavy (non-hydrogen) atoms. The highest BCUT2D eigenvalue weighted by molar-refractivity contribution is 5.91. The van der Waals surface area contributed by atoms with Crippen LogP contribution in [0.5, 0.6) is 5.75 Å². The average Bonchev–Trinajstić information content (AvgIpc) is 3.19. The first-order valence-electron chi connectivity index (χ1n) is 9.35. The van der Waals surface area contributed by atoms with Gasteiger partial charge in [-0.25, -0.2) is 14.2 Å². The normalized spacial score (nSPS) is 11.3. The topological polar surface area (TPSA) is 99.0 Å². The number of rotatable bonds is 6. The number of aromatic nitrogens is 2. The number of hydrogen-bond acceptors (Lipinski definition) is 4. The smallest absolute Gasteiger partial charge is 0.335 e. The number of halogens is 1. The first-order chi connectivity index (χ1) is 15.0. The third-order valence-electron chi connectivity index (χ3n) is 4.63. The number of allylic oxidation sites excluding steroid dienone is 1. The maximum absolute atomic E-state index is 13.4. The summed E-state index contributed by atoms with van der Waals surface area (Å²) in [5.74, 6) is -0.484. The predicted octanol–water partition coefficient (Wildman–Crippen LogP) is 5.04. The van der Waals surface area contributed by atoms with Crippen LogP contribution in [0.4, 0.5) is 4.39 Å². The molecule has 7 heteroatoms. The minimum atomic E-state index is -0.986. The van der Waals surface area contributed by atoms with Gasteiger partial charge in [-0.05, 0) is 48.0 Å². The highest BCUT2D eigenvalue weighted by Gasteiger charge is 2.11. The maximum atomic E-state index is 13.4. The van der Waals surface area contributed by atoms with Gasteiger partial charge in [0.05, 0.1) is 22.2 Å². The summed E-state index contributed by atoms with van der Waals surface area (Å²) in [4.78, 5) is 18.3. The minimum Gasteiger partial charge on any atom is -0.488 e. The van der Waals surface area contributed by atoms with Gasteiger partial charge in [0.1, 0.15) is 30.1 Å². The van der Waals surface area contributed by atoms with Crippen LogP contribution in [0.15, 0.2) is 66.7 Å². The van der Waals surface area contributed by atoms with E-state index in [4.69, 9.17) is 9.84 Å². The third kappa shape index (κ3) is 4.43. The molecule has 0 radical (unpaired) electrons. The molecule has 2 N–H and O–H groups in total. The van der Waals surface area contributed by atoms with Gasteiger partial charge < -0.3 is 14.8 Å². The molecular formula is C24H16FN3O3. The minimum absolute atomic E-state index is 0.205. The van der Waals surface area contributed by atoms with Crippen molar-refractivity contribution in [2.45, 2.75) is 6.61 Å². The zero-order valence-corrected chi connectivity index (χ0v) is 16.2. The van der Waals surface area contributed by atoms with Crippen molar-refractivity contribution in [3.63, 3.8) is 0 Å². The van der Waals surface area contributed by atoms with Crippen molar-refractivity contribution in [3.05, 3.63) is 95.1 Å². The lowest BCUT2D eigenvalue weighted by Gasteiger charge is -2.10. The van der Waals surface area contributed by atoms with Gasteiger partial charge in [-0.3, -0.25) is 0 Å². The van der Waals surface area contributed by atoms with Crippen molar-refractivity contribution in [2.24, 2.45) is 0 Å². The van der Waals surface area contributed by atoms with Crippen LogP contribution in [0.1, 0.15) is 27.3 Å². The Hall–Kier alpha value is -4.44. The molecule has 0 amide bonds. The van der Waals surface area contributed by atoms with Gasteiger partial charge in [0, 0.05) is 5.56 Å². The Morgan fingerprint density at radius 3 is 2.68 bits per heavy atom. The Morgan fingerprint density at radius 1 is 1.16 bits per heavy atom. The molecule has 0 aliphatic carbocycles. The molecule has 0 aliphatic heterocycles. The summed E-state index contributed by atoms with van der Waals surface area (Å²) < 4.78 is 19.3. The number of nitriles is 1. The molecule has 4 aromatic rings. The van der Waals surface area contributed by atoms with Crippen molar-refractivity contribution in [3.8, 4) is 11.8 Å². The number of benzene rings is 3. The van der Waals surface area contributed by atoms with E-state index in [-0.39, 0.29) is 23.6 Å². The Balaban J connectivity index is 1.59. The van der Waals surface area contributed by atoms with Crippen molar-refractivity contribution < 1.29 is 19.0 Å². The highest BCUT2D eigenvalue weighted by Crippen LogP contribution is 2.26. The molecule has 4 rings (SSSR count). The van der Waals surface area contributed by atoms with Crippen LogP contribution in [0.2, 0.25) is 0 Å². The van der Waals surface area contributed by atoms with Crippen LogP contribution in [0.25, 0.3) is 22.7 Å². The van der Waals surface area contributed by atoms with Crippen LogP contribution < -0.4 is 4.74 Å². The first-order valence-corrected chi connectivity index (χ1v) is 9.35. The van der Waals surface area contributed by atoms with Crippen LogP contribution in [-0.2, 0) is 6.61 Å². The quantitative estimate of drug-likeness (QED) is 0.431. The number of nitrogens with one attached hydrogen (secondary N) is 1. The number of carboxylic acid groups (broad SMARTS) is 1. The number of carboxylic acids is 1. The monoisotopic (exact) mass is 413 g/mol. The number of aromatic carboxylic acids is 1. The van der Waals surface area contributed by atoms with Crippen LogP contribution in [-0.4, -0.2) is 21.0 Å². The maximum Gasteiger partial charge on any atom is 0.335 e. The number of nitrogens with zero attached hydrogens (tertiary/aromatic N) is 2. The Labute approximate surface area is 176 Å². The zero-order valence-electron chi connectivity index (χ0n) is 16.2. The van der Waals surface area contributed by atoms with Crippen molar-refractivity contribution in [2.75, 3.05) is 0 Å². The molecule has 152 valence electrons. The number of imidazole rings is 1. The van der Waals surface area contributed by atoms with Crippen molar-refractivity contribution in [1.82, 2.24) is 9.97 Å². The summed E-state index contributed by atoms with van der Waals surface area (Å²) in [6.07, 6.45) is 1.65. The van der Waals surface area contributed by atoms with Gasteiger partial charge in [-0.1, -0.05) is 30.3 Å². The zero-order chi connectivity index (χ0) is 21.8. The second kappa shape index (κ2) is 8.51. The molecular weight excluding hydrogens is 397 g/mol. The van der Waals surface area contributed by atoms with Crippen LogP contribution in [0, 0.1) is 17.1 Å². The lowest BCUT2D eigenvalue weighted by molar-refractivity contribution is 0.0697. The number of fused-ring (bicyclic) bond motifs is 1. The molecule has 0 fully saturated rings. The molecule has 0 spiro atoms. The Bertz CT molecular complexity index is 1330. The van der Waals surface area contributed by atoms with E-state index in [1.807, 2.05) is 18.2 Å². The number of H-pyrrole nitrogens is 1. The molecule has 0 saturated carbocycles. The summed E-state index contributed by atoms with van der Waals surface area (Å²) in [6, 6.07) is 20.0. The number of hydrogen-bond donors (Lipinski definition) is 2.